The molecule has 1 aliphatic heterocycles. The van der Waals surface area contributed by atoms with Crippen molar-refractivity contribution in [2.45, 2.75) is 51.0 Å². The van der Waals surface area contributed by atoms with E-state index in [0.717, 1.165) is 44.6 Å². The van der Waals surface area contributed by atoms with E-state index in [-0.39, 0.29) is 11.8 Å². The Morgan fingerprint density at radius 2 is 1.91 bits per heavy atom. The van der Waals surface area contributed by atoms with Crippen molar-refractivity contribution in [3.8, 4) is 6.07 Å². The summed E-state index contributed by atoms with van der Waals surface area (Å²) >= 11 is 0. The summed E-state index contributed by atoms with van der Waals surface area (Å²) in [6.45, 7) is 1.79. The van der Waals surface area contributed by atoms with Crippen LogP contribution in [-0.4, -0.2) is 30.0 Å². The summed E-state index contributed by atoms with van der Waals surface area (Å²) in [5.74, 6) is 1.42. The number of aromatic nitrogens is 1. The number of nitrogens with zero attached hydrogens (tertiary/aromatic N) is 3. The molecule has 2 heterocycles. The summed E-state index contributed by atoms with van der Waals surface area (Å²) in [4.78, 5) is 18.9. The van der Waals surface area contributed by atoms with Gasteiger partial charge in [0.25, 0.3) is 0 Å². The Bertz CT molecular complexity index is 564. The lowest BCUT2D eigenvalue weighted by Gasteiger charge is -2.34. The molecule has 0 unspecified atom stereocenters. The average molecular weight is 312 g/mol. The number of hydrogen-bond acceptors (Lipinski definition) is 4. The van der Waals surface area contributed by atoms with Crippen molar-refractivity contribution in [1.82, 2.24) is 10.3 Å². The van der Waals surface area contributed by atoms with E-state index in [1.807, 2.05) is 6.07 Å². The van der Waals surface area contributed by atoms with Crippen LogP contribution in [0.2, 0.25) is 0 Å². The SMILES string of the molecule is N#Cc1ccc(N2CCC(NC(=O)C3CCCCC3)CC2)nc1. The molecule has 3 rings (SSSR count). The van der Waals surface area contributed by atoms with E-state index < -0.39 is 0 Å². The molecule has 5 nitrogen and oxygen atoms in total. The van der Waals surface area contributed by atoms with Gasteiger partial charge in [0.15, 0.2) is 0 Å². The van der Waals surface area contributed by atoms with Crippen LogP contribution in [0, 0.1) is 17.2 Å². The van der Waals surface area contributed by atoms with Crippen molar-refractivity contribution in [2.75, 3.05) is 18.0 Å². The van der Waals surface area contributed by atoms with Gasteiger partial charge in [0.1, 0.15) is 11.9 Å². The first-order valence-corrected chi connectivity index (χ1v) is 8.68. The fraction of sp³-hybridized carbons (Fsp3) is 0.611. The Morgan fingerprint density at radius 3 is 2.52 bits per heavy atom. The Balaban J connectivity index is 1.48. The predicted octanol–water partition coefficient (Wildman–Crippen LogP) is 2.62. The zero-order valence-electron chi connectivity index (χ0n) is 13.5. The molecule has 1 N–H and O–H groups in total. The van der Waals surface area contributed by atoms with Crippen LogP contribution in [0.4, 0.5) is 5.82 Å². The van der Waals surface area contributed by atoms with Crippen LogP contribution >= 0.6 is 0 Å². The molecule has 2 fully saturated rings. The molecule has 1 saturated carbocycles. The van der Waals surface area contributed by atoms with Crippen LogP contribution in [0.3, 0.4) is 0 Å². The maximum atomic E-state index is 12.3. The summed E-state index contributed by atoms with van der Waals surface area (Å²) in [7, 11) is 0. The zero-order chi connectivity index (χ0) is 16.1. The van der Waals surface area contributed by atoms with E-state index in [4.69, 9.17) is 5.26 Å². The number of piperidine rings is 1. The second-order valence-corrected chi connectivity index (χ2v) is 6.62. The van der Waals surface area contributed by atoms with Crippen molar-refractivity contribution < 1.29 is 4.79 Å². The van der Waals surface area contributed by atoms with Gasteiger partial charge in [-0.3, -0.25) is 4.79 Å². The molecule has 0 atom stereocenters. The summed E-state index contributed by atoms with van der Waals surface area (Å²) in [5.41, 5.74) is 0.586. The van der Waals surface area contributed by atoms with Crippen LogP contribution in [0.5, 0.6) is 0 Å². The third-order valence-corrected chi connectivity index (χ3v) is 5.02. The van der Waals surface area contributed by atoms with Gasteiger partial charge in [-0.25, -0.2) is 4.98 Å². The maximum Gasteiger partial charge on any atom is 0.223 e. The van der Waals surface area contributed by atoms with Gasteiger partial charge in [0.05, 0.1) is 5.56 Å². The first-order chi connectivity index (χ1) is 11.3. The molecule has 122 valence electrons. The molecule has 1 amide bonds. The largest absolute Gasteiger partial charge is 0.356 e. The highest BCUT2D eigenvalue weighted by Crippen LogP contribution is 2.24. The lowest BCUT2D eigenvalue weighted by molar-refractivity contribution is -0.126. The normalized spacial score (nSPS) is 20.0. The molecule has 5 heteroatoms. The Kier molecular flexibility index (Phi) is 5.12. The van der Waals surface area contributed by atoms with Gasteiger partial charge >= 0.3 is 0 Å². The van der Waals surface area contributed by atoms with Gasteiger partial charge in [-0.2, -0.15) is 5.26 Å². The van der Waals surface area contributed by atoms with Crippen LogP contribution in [0.15, 0.2) is 18.3 Å². The fourth-order valence-corrected chi connectivity index (χ4v) is 3.58. The molecule has 1 aliphatic carbocycles. The number of carbonyl (C=O) groups is 1. The standard InChI is InChI=1S/C18H24N4O/c19-12-14-6-7-17(20-13-14)22-10-8-16(9-11-22)21-18(23)15-4-2-1-3-5-15/h6-7,13,15-16H,1-5,8-11H2,(H,21,23). The molecule has 1 aromatic heterocycles. The highest BCUT2D eigenvalue weighted by atomic mass is 16.1. The van der Waals surface area contributed by atoms with E-state index >= 15 is 0 Å². The van der Waals surface area contributed by atoms with Gasteiger partial charge in [0.2, 0.25) is 5.91 Å². The number of anilines is 1. The van der Waals surface area contributed by atoms with E-state index in [0.29, 0.717) is 11.6 Å². The minimum atomic E-state index is 0.238. The molecular formula is C18H24N4O. The van der Waals surface area contributed by atoms with E-state index in [1.165, 1.54) is 19.3 Å². The lowest BCUT2D eigenvalue weighted by Crippen LogP contribution is -2.46. The highest BCUT2D eigenvalue weighted by Gasteiger charge is 2.26. The Morgan fingerprint density at radius 1 is 1.17 bits per heavy atom. The number of carbonyl (C=O) groups excluding carboxylic acids is 1. The molecule has 23 heavy (non-hydrogen) atoms. The number of pyridine rings is 1. The minimum Gasteiger partial charge on any atom is -0.356 e. The average Bonchev–Trinajstić information content (AvgIpc) is 2.63. The number of amides is 1. The van der Waals surface area contributed by atoms with Gasteiger partial charge in [-0.15, -0.1) is 0 Å². The van der Waals surface area contributed by atoms with Crippen LogP contribution in [-0.2, 0) is 4.79 Å². The summed E-state index contributed by atoms with van der Waals surface area (Å²) in [6, 6.07) is 6.09. The van der Waals surface area contributed by atoms with Gasteiger partial charge in [-0.05, 0) is 37.8 Å². The van der Waals surface area contributed by atoms with Crippen molar-refractivity contribution in [3.63, 3.8) is 0 Å². The van der Waals surface area contributed by atoms with Crippen molar-refractivity contribution in [2.24, 2.45) is 5.92 Å². The highest BCUT2D eigenvalue weighted by molar-refractivity contribution is 5.79. The van der Waals surface area contributed by atoms with Crippen LogP contribution < -0.4 is 10.2 Å². The number of hydrogen-bond donors (Lipinski definition) is 1. The maximum absolute atomic E-state index is 12.3. The molecule has 0 radical (unpaired) electrons. The van der Waals surface area contributed by atoms with Crippen LogP contribution in [0.1, 0.15) is 50.5 Å². The molecule has 0 aromatic carbocycles. The third kappa shape index (κ3) is 4.01. The predicted molar refractivity (Wildman–Crippen MR) is 88.9 cm³/mol. The minimum absolute atomic E-state index is 0.238. The molecule has 0 bridgehead atoms. The number of rotatable bonds is 3. The van der Waals surface area contributed by atoms with E-state index in [2.05, 4.69) is 21.3 Å². The lowest BCUT2D eigenvalue weighted by atomic mass is 9.88. The number of nitrogens with one attached hydrogen (secondary N) is 1. The van der Waals surface area contributed by atoms with Gasteiger partial charge in [0, 0.05) is 31.2 Å². The van der Waals surface area contributed by atoms with Crippen molar-refractivity contribution in [3.05, 3.63) is 23.9 Å². The second kappa shape index (κ2) is 7.45. The van der Waals surface area contributed by atoms with E-state index in [9.17, 15) is 4.79 Å². The number of nitriles is 1. The van der Waals surface area contributed by atoms with Gasteiger partial charge in [-0.1, -0.05) is 19.3 Å². The Hall–Kier alpha value is -2.09. The first kappa shape index (κ1) is 15.8. The van der Waals surface area contributed by atoms with Crippen molar-refractivity contribution >= 4 is 11.7 Å². The third-order valence-electron chi connectivity index (χ3n) is 5.02. The molecule has 1 aromatic rings. The summed E-state index contributed by atoms with van der Waals surface area (Å²) < 4.78 is 0. The smallest absolute Gasteiger partial charge is 0.223 e. The Labute approximate surface area is 137 Å². The topological polar surface area (TPSA) is 69.0 Å². The van der Waals surface area contributed by atoms with E-state index in [1.54, 1.807) is 12.3 Å². The first-order valence-electron chi connectivity index (χ1n) is 8.68. The summed E-state index contributed by atoms with van der Waals surface area (Å²) in [6.07, 6.45) is 9.31. The second-order valence-electron chi connectivity index (χ2n) is 6.62. The molecule has 0 spiro atoms. The molecule has 2 aliphatic rings. The quantitative estimate of drug-likeness (QED) is 0.931. The molecular weight excluding hydrogens is 288 g/mol. The summed E-state index contributed by atoms with van der Waals surface area (Å²) in [5, 5.41) is 12.1. The van der Waals surface area contributed by atoms with Crippen LogP contribution in [0.25, 0.3) is 0 Å². The van der Waals surface area contributed by atoms with Crippen molar-refractivity contribution in [1.29, 1.82) is 5.26 Å². The zero-order valence-corrected chi connectivity index (χ0v) is 13.5. The fourth-order valence-electron chi connectivity index (χ4n) is 3.58. The monoisotopic (exact) mass is 312 g/mol. The van der Waals surface area contributed by atoms with Gasteiger partial charge < -0.3 is 10.2 Å². The molecule has 1 saturated heterocycles.